The highest BCUT2D eigenvalue weighted by atomic mass is 16.5. The van der Waals surface area contributed by atoms with E-state index in [4.69, 9.17) is 9.47 Å². The van der Waals surface area contributed by atoms with Crippen LogP contribution in [0.4, 0.5) is 5.69 Å². The molecule has 1 unspecified atom stereocenters. The van der Waals surface area contributed by atoms with E-state index >= 15 is 0 Å². The van der Waals surface area contributed by atoms with Gasteiger partial charge in [-0.1, -0.05) is 12.1 Å². The number of methoxy groups -OCH3 is 1. The Labute approximate surface area is 158 Å². The summed E-state index contributed by atoms with van der Waals surface area (Å²) in [4.78, 5) is 25.1. The molecule has 1 heterocycles. The van der Waals surface area contributed by atoms with Gasteiger partial charge in [-0.15, -0.1) is 0 Å². The van der Waals surface area contributed by atoms with Crippen LogP contribution in [-0.4, -0.2) is 38.2 Å². The lowest BCUT2D eigenvalue weighted by molar-refractivity contribution is 0.0858. The average Bonchev–Trinajstić information content (AvgIpc) is 3.20. The van der Waals surface area contributed by atoms with Gasteiger partial charge >= 0.3 is 0 Å². The largest absolute Gasteiger partial charge is 0.496 e. The molecule has 2 aromatic rings. The van der Waals surface area contributed by atoms with Crippen LogP contribution in [0.1, 0.15) is 39.1 Å². The number of anilines is 1. The zero-order valence-electron chi connectivity index (χ0n) is 15.6. The Bertz CT molecular complexity index is 829. The highest BCUT2D eigenvalue weighted by Gasteiger charge is 2.19. The molecular weight excluding hydrogens is 344 g/mol. The lowest BCUT2D eigenvalue weighted by Crippen LogP contribution is -2.32. The number of amides is 2. The van der Waals surface area contributed by atoms with Crippen LogP contribution in [-0.2, 0) is 4.74 Å². The molecule has 6 nitrogen and oxygen atoms in total. The zero-order valence-corrected chi connectivity index (χ0v) is 15.6. The summed E-state index contributed by atoms with van der Waals surface area (Å²) >= 11 is 0. The van der Waals surface area contributed by atoms with E-state index in [0.29, 0.717) is 23.4 Å². The van der Waals surface area contributed by atoms with Gasteiger partial charge in [0.2, 0.25) is 0 Å². The Kier molecular flexibility index (Phi) is 6.08. The number of benzene rings is 2. The van der Waals surface area contributed by atoms with Crippen molar-refractivity contribution >= 4 is 17.5 Å². The molecule has 2 amide bonds. The van der Waals surface area contributed by atoms with Crippen LogP contribution in [0.5, 0.6) is 5.75 Å². The minimum atomic E-state index is -0.278. The normalized spacial score (nSPS) is 16.0. The van der Waals surface area contributed by atoms with Gasteiger partial charge < -0.3 is 20.1 Å². The van der Waals surface area contributed by atoms with Crippen molar-refractivity contribution in [2.45, 2.75) is 25.9 Å². The van der Waals surface area contributed by atoms with Crippen molar-refractivity contribution in [3.8, 4) is 5.75 Å². The van der Waals surface area contributed by atoms with E-state index in [1.54, 1.807) is 49.6 Å². The maximum atomic E-state index is 12.6. The monoisotopic (exact) mass is 368 g/mol. The second kappa shape index (κ2) is 8.68. The Hall–Kier alpha value is -2.86. The SMILES string of the molecule is COc1ccc(C(=O)Nc2ccccc2C(=O)NCC2CCCO2)cc1C. The number of hydrogen-bond acceptors (Lipinski definition) is 4. The van der Waals surface area contributed by atoms with E-state index in [1.165, 1.54) is 0 Å². The van der Waals surface area contributed by atoms with Crippen molar-refractivity contribution in [1.82, 2.24) is 5.32 Å². The molecule has 1 aliphatic heterocycles. The van der Waals surface area contributed by atoms with Crippen molar-refractivity contribution in [3.63, 3.8) is 0 Å². The van der Waals surface area contributed by atoms with Crippen LogP contribution in [0.15, 0.2) is 42.5 Å². The van der Waals surface area contributed by atoms with Gasteiger partial charge in [0.05, 0.1) is 24.5 Å². The van der Waals surface area contributed by atoms with Gasteiger partial charge in [-0.3, -0.25) is 9.59 Å². The summed E-state index contributed by atoms with van der Waals surface area (Å²) in [5, 5.41) is 5.72. The molecule has 1 atom stereocenters. The number of carbonyl (C=O) groups is 2. The summed E-state index contributed by atoms with van der Waals surface area (Å²) in [6.45, 7) is 3.09. The molecule has 1 aliphatic rings. The van der Waals surface area contributed by atoms with Crippen LogP contribution in [0.2, 0.25) is 0 Å². The fourth-order valence-electron chi connectivity index (χ4n) is 3.11. The van der Waals surface area contributed by atoms with Crippen LogP contribution < -0.4 is 15.4 Å². The highest BCUT2D eigenvalue weighted by molar-refractivity contribution is 6.09. The molecule has 1 fully saturated rings. The number of carbonyl (C=O) groups excluding carboxylic acids is 2. The molecule has 0 spiro atoms. The van der Waals surface area contributed by atoms with E-state index in [9.17, 15) is 9.59 Å². The van der Waals surface area contributed by atoms with Gasteiger partial charge in [-0.2, -0.15) is 0 Å². The van der Waals surface area contributed by atoms with Crippen molar-refractivity contribution in [3.05, 3.63) is 59.2 Å². The number of hydrogen-bond donors (Lipinski definition) is 2. The molecule has 0 bridgehead atoms. The molecule has 3 rings (SSSR count). The predicted octanol–water partition coefficient (Wildman–Crippen LogP) is 3.16. The fraction of sp³-hybridized carbons (Fsp3) is 0.333. The molecule has 6 heteroatoms. The van der Waals surface area contributed by atoms with Crippen molar-refractivity contribution in [2.24, 2.45) is 0 Å². The van der Waals surface area contributed by atoms with E-state index in [0.717, 1.165) is 30.8 Å². The van der Waals surface area contributed by atoms with E-state index in [-0.39, 0.29) is 17.9 Å². The highest BCUT2D eigenvalue weighted by Crippen LogP contribution is 2.21. The lowest BCUT2D eigenvalue weighted by Gasteiger charge is -2.14. The van der Waals surface area contributed by atoms with Gasteiger partial charge in [0.15, 0.2) is 0 Å². The molecule has 0 saturated carbocycles. The first-order valence-electron chi connectivity index (χ1n) is 9.03. The lowest BCUT2D eigenvalue weighted by atomic mass is 10.1. The van der Waals surface area contributed by atoms with Crippen molar-refractivity contribution in [1.29, 1.82) is 0 Å². The number of rotatable bonds is 6. The molecular formula is C21H24N2O4. The number of ether oxygens (including phenoxy) is 2. The van der Waals surface area contributed by atoms with Gasteiger partial charge in [0.1, 0.15) is 5.75 Å². The van der Waals surface area contributed by atoms with E-state index in [2.05, 4.69) is 10.6 Å². The molecule has 2 aromatic carbocycles. The second-order valence-corrected chi connectivity index (χ2v) is 6.53. The van der Waals surface area contributed by atoms with E-state index in [1.807, 2.05) is 6.92 Å². The first-order valence-corrected chi connectivity index (χ1v) is 9.03. The number of aryl methyl sites for hydroxylation is 1. The third-order valence-corrected chi connectivity index (χ3v) is 4.59. The first-order chi connectivity index (χ1) is 13.1. The third-order valence-electron chi connectivity index (χ3n) is 4.59. The first kappa shape index (κ1) is 18.9. The Morgan fingerprint density at radius 3 is 2.70 bits per heavy atom. The third kappa shape index (κ3) is 4.65. The molecule has 0 radical (unpaired) electrons. The molecule has 142 valence electrons. The predicted molar refractivity (Wildman–Crippen MR) is 103 cm³/mol. The fourth-order valence-corrected chi connectivity index (χ4v) is 3.11. The number of nitrogens with one attached hydrogen (secondary N) is 2. The maximum Gasteiger partial charge on any atom is 0.255 e. The number of para-hydroxylation sites is 1. The van der Waals surface area contributed by atoms with Crippen LogP contribution in [0.3, 0.4) is 0 Å². The summed E-state index contributed by atoms with van der Waals surface area (Å²) in [7, 11) is 1.59. The summed E-state index contributed by atoms with van der Waals surface area (Å²) in [5.41, 5.74) is 2.27. The summed E-state index contributed by atoms with van der Waals surface area (Å²) < 4.78 is 10.7. The van der Waals surface area contributed by atoms with Crippen molar-refractivity contribution in [2.75, 3.05) is 25.6 Å². The van der Waals surface area contributed by atoms with E-state index < -0.39 is 0 Å². The molecule has 2 N–H and O–H groups in total. The van der Waals surface area contributed by atoms with Crippen LogP contribution >= 0.6 is 0 Å². The topological polar surface area (TPSA) is 76.7 Å². The molecule has 0 aromatic heterocycles. The van der Waals surface area contributed by atoms with Crippen molar-refractivity contribution < 1.29 is 19.1 Å². The minimum Gasteiger partial charge on any atom is -0.496 e. The minimum absolute atomic E-state index is 0.0676. The van der Waals surface area contributed by atoms with Crippen LogP contribution in [0, 0.1) is 6.92 Å². The average molecular weight is 368 g/mol. The standard InChI is InChI=1S/C21H24N2O4/c1-14-12-15(9-10-19(14)26-2)20(24)23-18-8-4-3-7-17(18)21(25)22-13-16-6-5-11-27-16/h3-4,7-10,12,16H,5-6,11,13H2,1-2H3,(H,22,25)(H,23,24). The van der Waals surface area contributed by atoms with Gasteiger partial charge in [0.25, 0.3) is 11.8 Å². The Balaban J connectivity index is 1.70. The van der Waals surface area contributed by atoms with Gasteiger partial charge in [-0.25, -0.2) is 0 Å². The summed E-state index contributed by atoms with van der Waals surface area (Å²) in [5.74, 6) is 0.216. The smallest absolute Gasteiger partial charge is 0.255 e. The Morgan fingerprint density at radius 2 is 2.00 bits per heavy atom. The van der Waals surface area contributed by atoms with Gasteiger partial charge in [-0.05, 0) is 55.7 Å². The molecule has 1 saturated heterocycles. The summed E-state index contributed by atoms with van der Waals surface area (Å²) in [6, 6.07) is 12.2. The maximum absolute atomic E-state index is 12.6. The Morgan fingerprint density at radius 1 is 1.19 bits per heavy atom. The molecule has 27 heavy (non-hydrogen) atoms. The second-order valence-electron chi connectivity index (χ2n) is 6.53. The summed E-state index contributed by atoms with van der Waals surface area (Å²) in [6.07, 6.45) is 2.04. The van der Waals surface area contributed by atoms with Crippen LogP contribution in [0.25, 0.3) is 0 Å². The van der Waals surface area contributed by atoms with Gasteiger partial charge in [0, 0.05) is 18.7 Å². The quantitative estimate of drug-likeness (QED) is 0.821. The zero-order chi connectivity index (χ0) is 19.2. The molecule has 0 aliphatic carbocycles.